The summed E-state index contributed by atoms with van der Waals surface area (Å²) in [5, 5.41) is 9.80. The first-order chi connectivity index (χ1) is 7.58. The fourth-order valence-electron chi connectivity index (χ4n) is 1.65. The second-order valence-corrected chi connectivity index (χ2v) is 4.90. The Bertz CT molecular complexity index is 536. The van der Waals surface area contributed by atoms with Crippen LogP contribution in [-0.2, 0) is 11.2 Å². The summed E-state index contributed by atoms with van der Waals surface area (Å²) >= 11 is 2.23. The van der Waals surface area contributed by atoms with Gasteiger partial charge in [0.25, 0.3) is 0 Å². The van der Waals surface area contributed by atoms with Gasteiger partial charge >= 0.3 is 5.97 Å². The number of hydrogen-bond donors (Lipinski definition) is 3. The minimum Gasteiger partial charge on any atom is -0.480 e. The number of halogens is 1. The summed E-state index contributed by atoms with van der Waals surface area (Å²) in [6.07, 6.45) is 2.17. The van der Waals surface area contributed by atoms with E-state index in [-0.39, 0.29) is 0 Å². The Morgan fingerprint density at radius 2 is 2.31 bits per heavy atom. The van der Waals surface area contributed by atoms with Gasteiger partial charge in [0.05, 0.1) is 0 Å². The van der Waals surface area contributed by atoms with Crippen LogP contribution in [0.1, 0.15) is 5.56 Å². The summed E-state index contributed by atoms with van der Waals surface area (Å²) in [7, 11) is 0. The van der Waals surface area contributed by atoms with Crippen LogP contribution < -0.4 is 5.73 Å². The number of H-pyrrole nitrogens is 1. The topological polar surface area (TPSA) is 79.1 Å². The van der Waals surface area contributed by atoms with E-state index < -0.39 is 12.0 Å². The third-order valence-corrected chi connectivity index (χ3v) is 3.16. The van der Waals surface area contributed by atoms with Gasteiger partial charge in [-0.15, -0.1) is 0 Å². The van der Waals surface area contributed by atoms with Crippen molar-refractivity contribution < 1.29 is 9.90 Å². The third kappa shape index (κ3) is 2.19. The molecular weight excluding hydrogens is 319 g/mol. The molecule has 0 fully saturated rings. The van der Waals surface area contributed by atoms with Crippen molar-refractivity contribution in [3.63, 3.8) is 0 Å². The number of carbonyl (C=O) groups is 1. The van der Waals surface area contributed by atoms with Gasteiger partial charge in [0.2, 0.25) is 0 Å². The number of aromatic nitrogens is 1. The lowest BCUT2D eigenvalue weighted by atomic mass is 10.1. The zero-order valence-corrected chi connectivity index (χ0v) is 10.6. The molecule has 16 heavy (non-hydrogen) atoms. The number of nitrogens with two attached hydrogens (primary N) is 1. The van der Waals surface area contributed by atoms with Gasteiger partial charge < -0.3 is 15.8 Å². The van der Waals surface area contributed by atoms with Crippen molar-refractivity contribution in [1.29, 1.82) is 0 Å². The van der Waals surface area contributed by atoms with Gasteiger partial charge in [-0.2, -0.15) is 0 Å². The summed E-state index contributed by atoms with van der Waals surface area (Å²) in [5.74, 6) is -0.972. The lowest BCUT2D eigenvalue weighted by molar-refractivity contribution is -0.138. The van der Waals surface area contributed by atoms with E-state index in [0.717, 1.165) is 20.0 Å². The minimum absolute atomic E-state index is 0.343. The number of carboxylic acid groups (broad SMARTS) is 1. The van der Waals surface area contributed by atoms with E-state index >= 15 is 0 Å². The quantitative estimate of drug-likeness (QED) is 0.750. The maximum Gasteiger partial charge on any atom is 0.320 e. The van der Waals surface area contributed by atoms with Crippen LogP contribution in [0.25, 0.3) is 10.9 Å². The van der Waals surface area contributed by atoms with Crippen molar-refractivity contribution in [2.45, 2.75) is 12.5 Å². The molecule has 1 aromatic heterocycles. The number of nitrogens with one attached hydrogen (secondary N) is 1. The van der Waals surface area contributed by atoms with E-state index in [1.54, 1.807) is 0 Å². The lowest BCUT2D eigenvalue weighted by Gasteiger charge is -2.04. The highest BCUT2D eigenvalue weighted by Crippen LogP contribution is 2.21. The van der Waals surface area contributed by atoms with Gasteiger partial charge in [-0.25, -0.2) is 0 Å². The first kappa shape index (κ1) is 11.4. The Kier molecular flexibility index (Phi) is 3.15. The van der Waals surface area contributed by atoms with E-state index in [9.17, 15) is 4.79 Å². The molecule has 5 heteroatoms. The number of aromatic amines is 1. The van der Waals surface area contributed by atoms with Crippen LogP contribution in [0.3, 0.4) is 0 Å². The predicted molar refractivity (Wildman–Crippen MR) is 70.3 cm³/mol. The molecule has 2 rings (SSSR count). The van der Waals surface area contributed by atoms with Crippen molar-refractivity contribution in [2.75, 3.05) is 0 Å². The highest BCUT2D eigenvalue weighted by molar-refractivity contribution is 14.1. The van der Waals surface area contributed by atoms with E-state index in [0.29, 0.717) is 6.42 Å². The van der Waals surface area contributed by atoms with Crippen LogP contribution in [0.5, 0.6) is 0 Å². The Balaban J connectivity index is 2.35. The molecule has 4 nitrogen and oxygen atoms in total. The number of benzene rings is 1. The molecule has 1 aromatic carbocycles. The number of hydrogen-bond acceptors (Lipinski definition) is 2. The van der Waals surface area contributed by atoms with Gasteiger partial charge in [-0.05, 0) is 40.3 Å². The van der Waals surface area contributed by atoms with Crippen molar-refractivity contribution in [3.8, 4) is 0 Å². The Morgan fingerprint density at radius 1 is 1.56 bits per heavy atom. The van der Waals surface area contributed by atoms with Crippen LogP contribution in [-0.4, -0.2) is 22.1 Å². The number of fused-ring (bicyclic) bond motifs is 1. The monoisotopic (exact) mass is 330 g/mol. The molecule has 0 bridgehead atoms. The molecule has 84 valence electrons. The molecule has 2 aromatic rings. The SMILES string of the molecule is N[C@H](Cc1c[nH]c2cc(I)ccc12)C(=O)O. The molecule has 0 saturated carbocycles. The molecule has 4 N–H and O–H groups in total. The molecule has 0 aliphatic rings. The standard InChI is InChI=1S/C11H11IN2O2/c12-7-1-2-8-6(3-9(13)11(15)16)5-14-10(8)4-7/h1-2,4-5,9,14H,3,13H2,(H,15,16)/t9-/m1/s1. The molecule has 0 radical (unpaired) electrons. The number of carboxylic acids is 1. The van der Waals surface area contributed by atoms with Crippen LogP contribution in [0.4, 0.5) is 0 Å². The van der Waals surface area contributed by atoms with Gasteiger partial charge in [-0.1, -0.05) is 6.07 Å². The zero-order chi connectivity index (χ0) is 11.7. The van der Waals surface area contributed by atoms with Gasteiger partial charge in [0, 0.05) is 27.1 Å². The van der Waals surface area contributed by atoms with E-state index in [2.05, 4.69) is 27.6 Å². The highest BCUT2D eigenvalue weighted by Gasteiger charge is 2.14. The maximum absolute atomic E-state index is 10.7. The minimum atomic E-state index is -0.972. The van der Waals surface area contributed by atoms with Gasteiger partial charge in [0.15, 0.2) is 0 Å². The normalized spacial score (nSPS) is 12.9. The summed E-state index contributed by atoms with van der Waals surface area (Å²) in [6.45, 7) is 0. The molecule has 0 amide bonds. The van der Waals surface area contributed by atoms with Crippen molar-refractivity contribution in [2.24, 2.45) is 5.73 Å². The Morgan fingerprint density at radius 3 is 3.00 bits per heavy atom. The lowest BCUT2D eigenvalue weighted by Crippen LogP contribution is -2.32. The second-order valence-electron chi connectivity index (χ2n) is 3.65. The molecule has 0 spiro atoms. The number of rotatable bonds is 3. The smallest absolute Gasteiger partial charge is 0.320 e. The van der Waals surface area contributed by atoms with Crippen molar-refractivity contribution in [1.82, 2.24) is 4.98 Å². The van der Waals surface area contributed by atoms with Crippen LogP contribution in [0, 0.1) is 3.57 Å². The summed E-state index contributed by atoms with van der Waals surface area (Å²) in [4.78, 5) is 13.8. The second kappa shape index (κ2) is 4.42. The first-order valence-electron chi connectivity index (χ1n) is 4.82. The first-order valence-corrected chi connectivity index (χ1v) is 5.89. The largest absolute Gasteiger partial charge is 0.480 e. The van der Waals surface area contributed by atoms with E-state index in [1.807, 2.05) is 24.4 Å². The zero-order valence-electron chi connectivity index (χ0n) is 8.40. The van der Waals surface area contributed by atoms with E-state index in [1.165, 1.54) is 0 Å². The van der Waals surface area contributed by atoms with Crippen LogP contribution in [0.2, 0.25) is 0 Å². The summed E-state index contributed by atoms with van der Waals surface area (Å²) < 4.78 is 1.14. The average Bonchev–Trinajstić information content (AvgIpc) is 2.60. The van der Waals surface area contributed by atoms with Crippen LogP contribution >= 0.6 is 22.6 Å². The summed E-state index contributed by atoms with van der Waals surface area (Å²) in [6, 6.07) is 5.15. The molecular formula is C11H11IN2O2. The predicted octanol–water partition coefficient (Wildman–Crippen LogP) is 1.73. The Labute approximate surface area is 106 Å². The molecule has 0 aliphatic heterocycles. The molecule has 1 atom stereocenters. The molecule has 0 saturated heterocycles. The highest BCUT2D eigenvalue weighted by atomic mass is 127. The van der Waals surface area contributed by atoms with Crippen molar-refractivity contribution in [3.05, 3.63) is 33.5 Å². The molecule has 0 aliphatic carbocycles. The number of aliphatic carboxylic acids is 1. The molecule has 1 heterocycles. The maximum atomic E-state index is 10.7. The Hall–Kier alpha value is -1.08. The van der Waals surface area contributed by atoms with Gasteiger partial charge in [-0.3, -0.25) is 4.79 Å². The average molecular weight is 330 g/mol. The third-order valence-electron chi connectivity index (χ3n) is 2.49. The fourth-order valence-corrected chi connectivity index (χ4v) is 2.14. The van der Waals surface area contributed by atoms with Crippen molar-refractivity contribution >= 4 is 39.5 Å². The summed E-state index contributed by atoms with van der Waals surface area (Å²) in [5.41, 5.74) is 7.47. The molecule has 0 unspecified atom stereocenters. The van der Waals surface area contributed by atoms with Gasteiger partial charge in [0.1, 0.15) is 6.04 Å². The van der Waals surface area contributed by atoms with E-state index in [4.69, 9.17) is 10.8 Å². The fraction of sp³-hybridized carbons (Fsp3) is 0.182. The van der Waals surface area contributed by atoms with Crippen LogP contribution in [0.15, 0.2) is 24.4 Å².